The Morgan fingerprint density at radius 2 is 1.95 bits per heavy atom. The van der Waals surface area contributed by atoms with Crippen molar-refractivity contribution in [3.05, 3.63) is 75.4 Å². The van der Waals surface area contributed by atoms with Crippen LogP contribution in [-0.4, -0.2) is 59.7 Å². The minimum Gasteiger partial charge on any atom is -0.443 e. The number of aliphatic imine (C=N–C) groups is 1. The van der Waals surface area contributed by atoms with Crippen molar-refractivity contribution in [3.8, 4) is 0 Å². The van der Waals surface area contributed by atoms with Crippen LogP contribution in [0.3, 0.4) is 0 Å². The number of imide groups is 1. The number of benzene rings is 2. The van der Waals surface area contributed by atoms with Crippen molar-refractivity contribution >= 4 is 46.9 Å². The molecule has 2 fully saturated rings. The Labute approximate surface area is 255 Å². The van der Waals surface area contributed by atoms with Gasteiger partial charge in [-0.2, -0.15) is 4.98 Å². The minimum atomic E-state index is -0.780. The molecular formula is C32H33ClN6O4. The summed E-state index contributed by atoms with van der Waals surface area (Å²) in [6, 6.07) is 12.0. The molecule has 1 aromatic heterocycles. The Balaban J connectivity index is 1.14. The highest BCUT2D eigenvalue weighted by Crippen LogP contribution is 2.66. The summed E-state index contributed by atoms with van der Waals surface area (Å²) >= 11 is 6.47. The topological polar surface area (TPSA) is 109 Å². The highest BCUT2D eigenvalue weighted by molar-refractivity contribution is 6.33. The van der Waals surface area contributed by atoms with Crippen LogP contribution in [0.4, 0.5) is 22.2 Å². The van der Waals surface area contributed by atoms with Gasteiger partial charge in [0.05, 0.1) is 37.1 Å². The van der Waals surface area contributed by atoms with Crippen molar-refractivity contribution in [2.24, 2.45) is 4.99 Å². The normalized spacial score (nSPS) is 22.4. The molecule has 0 unspecified atom stereocenters. The highest BCUT2D eigenvalue weighted by Gasteiger charge is 2.68. The van der Waals surface area contributed by atoms with Crippen molar-refractivity contribution in [2.45, 2.75) is 57.6 Å². The van der Waals surface area contributed by atoms with E-state index in [1.807, 2.05) is 31.2 Å². The monoisotopic (exact) mass is 600 g/mol. The second kappa shape index (κ2) is 10.0. The quantitative estimate of drug-likeness (QED) is 0.428. The zero-order valence-corrected chi connectivity index (χ0v) is 25.4. The van der Waals surface area contributed by atoms with Gasteiger partial charge in [-0.15, -0.1) is 0 Å². The summed E-state index contributed by atoms with van der Waals surface area (Å²) in [7, 11) is 0. The van der Waals surface area contributed by atoms with E-state index in [0.717, 1.165) is 40.9 Å². The lowest BCUT2D eigenvalue weighted by Gasteiger charge is -2.27. The molecule has 7 rings (SSSR count). The number of hydrogen-bond donors (Lipinski definition) is 1. The molecule has 1 spiro atoms. The number of amides is 2. The second-order valence-electron chi connectivity index (χ2n) is 12.5. The fourth-order valence-electron chi connectivity index (χ4n) is 6.34. The number of rotatable bonds is 3. The number of aryl methyl sites for hydroxylation is 1. The van der Waals surface area contributed by atoms with Crippen LogP contribution in [0.5, 0.6) is 0 Å². The predicted octanol–water partition coefficient (Wildman–Crippen LogP) is 5.35. The van der Waals surface area contributed by atoms with Gasteiger partial charge in [0.2, 0.25) is 11.9 Å². The van der Waals surface area contributed by atoms with E-state index in [9.17, 15) is 9.59 Å². The number of morpholine rings is 1. The summed E-state index contributed by atoms with van der Waals surface area (Å²) in [6.45, 7) is 10.6. The van der Waals surface area contributed by atoms with E-state index in [4.69, 9.17) is 26.1 Å². The number of ether oxygens (including phenoxy) is 2. The smallest absolute Gasteiger partial charge is 0.421 e. The maximum absolute atomic E-state index is 14.0. The molecule has 10 nitrogen and oxygen atoms in total. The molecule has 3 aromatic rings. The summed E-state index contributed by atoms with van der Waals surface area (Å²) in [5.74, 6) is 1.51. The van der Waals surface area contributed by atoms with Crippen molar-refractivity contribution in [3.63, 3.8) is 0 Å². The van der Waals surface area contributed by atoms with Gasteiger partial charge < -0.3 is 19.7 Å². The Morgan fingerprint density at radius 1 is 1.16 bits per heavy atom. The van der Waals surface area contributed by atoms with Crippen molar-refractivity contribution in [1.82, 2.24) is 9.97 Å². The number of halogens is 1. The number of aromatic nitrogens is 2. The molecule has 2 atom stereocenters. The van der Waals surface area contributed by atoms with Crippen molar-refractivity contribution < 1.29 is 19.1 Å². The summed E-state index contributed by atoms with van der Waals surface area (Å²) in [5.41, 5.74) is 4.12. The van der Waals surface area contributed by atoms with Gasteiger partial charge in [-0.05, 0) is 56.9 Å². The average Bonchev–Trinajstić information content (AvgIpc) is 3.54. The van der Waals surface area contributed by atoms with Gasteiger partial charge in [0.15, 0.2) is 5.82 Å². The van der Waals surface area contributed by atoms with Gasteiger partial charge in [-0.25, -0.2) is 14.7 Å². The SMILES string of the molecule is Cc1ccc2c(c1)[C@]1(C[C@H]1c1ccc3c(c1)CN=C3Nc1nc(N3CCOCC3)ncc1Cl)C(=O)N2C(=O)OC(C)(C)C. The van der Waals surface area contributed by atoms with Crippen molar-refractivity contribution in [1.29, 1.82) is 0 Å². The molecule has 4 heterocycles. The van der Waals surface area contributed by atoms with Gasteiger partial charge in [-0.1, -0.05) is 47.5 Å². The lowest BCUT2D eigenvalue weighted by Crippen LogP contribution is -2.41. The molecule has 1 saturated carbocycles. The molecule has 4 aliphatic rings. The number of hydrogen-bond acceptors (Lipinski definition) is 9. The van der Waals surface area contributed by atoms with E-state index in [2.05, 4.69) is 32.3 Å². The molecule has 222 valence electrons. The number of nitrogens with one attached hydrogen (secondary N) is 1. The zero-order chi connectivity index (χ0) is 30.1. The van der Waals surface area contributed by atoms with Crippen LogP contribution >= 0.6 is 11.6 Å². The Bertz CT molecular complexity index is 1700. The predicted molar refractivity (Wildman–Crippen MR) is 164 cm³/mol. The summed E-state index contributed by atoms with van der Waals surface area (Å²) in [6.07, 6.45) is 1.60. The van der Waals surface area contributed by atoms with Gasteiger partial charge in [0.25, 0.3) is 0 Å². The second-order valence-corrected chi connectivity index (χ2v) is 12.9. The first kappa shape index (κ1) is 27.8. The van der Waals surface area contributed by atoms with E-state index < -0.39 is 17.1 Å². The van der Waals surface area contributed by atoms with Crippen molar-refractivity contribution in [2.75, 3.05) is 41.4 Å². The van der Waals surface area contributed by atoms with Gasteiger partial charge in [0.1, 0.15) is 16.5 Å². The Kier molecular flexibility index (Phi) is 6.48. The third kappa shape index (κ3) is 4.73. The van der Waals surface area contributed by atoms with Gasteiger partial charge in [-0.3, -0.25) is 9.79 Å². The molecular weight excluding hydrogens is 568 g/mol. The molecule has 2 aromatic carbocycles. The molecule has 2 amide bonds. The Hall–Kier alpha value is -4.02. The molecule has 11 heteroatoms. The fraction of sp³-hybridized carbons (Fsp3) is 0.406. The van der Waals surface area contributed by atoms with Crippen LogP contribution < -0.4 is 15.1 Å². The molecule has 3 aliphatic heterocycles. The fourth-order valence-corrected chi connectivity index (χ4v) is 6.47. The van der Waals surface area contributed by atoms with E-state index in [-0.39, 0.29) is 11.8 Å². The first-order valence-electron chi connectivity index (χ1n) is 14.5. The maximum atomic E-state index is 14.0. The van der Waals surface area contributed by atoms with Crippen LogP contribution in [-0.2, 0) is 26.2 Å². The lowest BCUT2D eigenvalue weighted by atomic mass is 9.90. The molecule has 0 radical (unpaired) electrons. The first-order chi connectivity index (χ1) is 20.5. The molecule has 43 heavy (non-hydrogen) atoms. The number of anilines is 3. The van der Waals surface area contributed by atoms with E-state index in [1.54, 1.807) is 27.0 Å². The first-order valence-corrected chi connectivity index (χ1v) is 14.9. The number of carbonyl (C=O) groups excluding carboxylic acids is 2. The lowest BCUT2D eigenvalue weighted by molar-refractivity contribution is -0.120. The third-order valence-corrected chi connectivity index (χ3v) is 8.73. The van der Waals surface area contributed by atoms with Crippen LogP contribution in [0.2, 0.25) is 5.02 Å². The summed E-state index contributed by atoms with van der Waals surface area (Å²) in [5, 5.41) is 3.73. The van der Waals surface area contributed by atoms with E-state index in [0.29, 0.717) is 54.5 Å². The highest BCUT2D eigenvalue weighted by atomic mass is 35.5. The molecule has 0 bridgehead atoms. The number of amidine groups is 1. The van der Waals surface area contributed by atoms with Crippen LogP contribution in [0.25, 0.3) is 0 Å². The van der Waals surface area contributed by atoms with E-state index in [1.165, 1.54) is 4.90 Å². The van der Waals surface area contributed by atoms with Crippen LogP contribution in [0, 0.1) is 6.92 Å². The standard InChI is InChI=1S/C32H33ClN6O4/c1-18-5-8-25-22(13-18)32(28(40)39(25)30(41)43-31(2,3)4)15-23(32)19-6-7-21-20(14-19)16-34-26(21)36-27-24(33)17-35-29(37-27)38-9-11-42-12-10-38/h5-8,13-14,17,23H,9-12,15-16H2,1-4H3,(H,34,35,36,37)/t23-,32-/m0/s1. The largest absolute Gasteiger partial charge is 0.443 e. The summed E-state index contributed by atoms with van der Waals surface area (Å²) < 4.78 is 11.1. The van der Waals surface area contributed by atoms with Gasteiger partial charge in [0, 0.05) is 24.6 Å². The number of carbonyl (C=O) groups is 2. The van der Waals surface area contributed by atoms with Crippen LogP contribution in [0.1, 0.15) is 60.9 Å². The van der Waals surface area contributed by atoms with E-state index >= 15 is 0 Å². The number of nitrogens with zero attached hydrogens (tertiary/aromatic N) is 5. The molecule has 1 aliphatic carbocycles. The number of fused-ring (bicyclic) bond motifs is 3. The Morgan fingerprint density at radius 3 is 2.72 bits per heavy atom. The van der Waals surface area contributed by atoms with Crippen LogP contribution in [0.15, 0.2) is 47.6 Å². The minimum absolute atomic E-state index is 0.0531. The van der Waals surface area contributed by atoms with Gasteiger partial charge >= 0.3 is 6.09 Å². The molecule has 1 saturated heterocycles. The third-order valence-electron chi connectivity index (χ3n) is 8.45. The zero-order valence-electron chi connectivity index (χ0n) is 24.6. The molecule has 1 N–H and O–H groups in total. The average molecular weight is 601 g/mol. The maximum Gasteiger partial charge on any atom is 0.421 e. The summed E-state index contributed by atoms with van der Waals surface area (Å²) in [4.78, 5) is 44.3.